The SMILES string of the molecule is CC(C)(CF)C(=O)Nc1ccc(NS(=O)(=O)c2cccc3c(NC(=O)NCCCl)cccc23)cc1. The van der Waals surface area contributed by atoms with Crippen LogP contribution in [0.15, 0.2) is 65.6 Å². The molecular weight excluding hydrogens is 495 g/mol. The van der Waals surface area contributed by atoms with Crippen LogP contribution in [-0.4, -0.2) is 39.5 Å². The molecule has 3 rings (SSSR count). The smallest absolute Gasteiger partial charge is 0.319 e. The van der Waals surface area contributed by atoms with E-state index in [0.29, 0.717) is 22.1 Å². The minimum absolute atomic E-state index is 0.0295. The van der Waals surface area contributed by atoms with Crippen LogP contribution in [0.1, 0.15) is 13.8 Å². The molecule has 0 radical (unpaired) electrons. The molecule has 0 bridgehead atoms. The number of hydrogen-bond donors (Lipinski definition) is 4. The largest absolute Gasteiger partial charge is 0.337 e. The van der Waals surface area contributed by atoms with Crippen LogP contribution >= 0.6 is 11.6 Å². The second-order valence-electron chi connectivity index (χ2n) is 8.38. The maximum atomic E-state index is 13.2. The lowest BCUT2D eigenvalue weighted by atomic mass is 9.94. The van der Waals surface area contributed by atoms with E-state index in [1.54, 1.807) is 30.3 Å². The lowest BCUT2D eigenvalue weighted by Gasteiger charge is -2.19. The summed E-state index contributed by atoms with van der Waals surface area (Å²) in [5.74, 6) is -0.218. The van der Waals surface area contributed by atoms with E-state index in [0.717, 1.165) is 0 Å². The van der Waals surface area contributed by atoms with Crippen LogP contribution < -0.4 is 20.7 Å². The van der Waals surface area contributed by atoms with Gasteiger partial charge in [-0.3, -0.25) is 9.52 Å². The van der Waals surface area contributed by atoms with Gasteiger partial charge in [0.05, 0.1) is 16.0 Å². The molecule has 3 amide bonds. The summed E-state index contributed by atoms with van der Waals surface area (Å²) in [5, 5.41) is 8.88. The van der Waals surface area contributed by atoms with E-state index < -0.39 is 34.1 Å². The van der Waals surface area contributed by atoms with Crippen LogP contribution in [0.4, 0.5) is 26.2 Å². The summed E-state index contributed by atoms with van der Waals surface area (Å²) in [7, 11) is -4.00. The maximum Gasteiger partial charge on any atom is 0.319 e. The van der Waals surface area contributed by atoms with Crippen molar-refractivity contribution < 1.29 is 22.4 Å². The van der Waals surface area contributed by atoms with Crippen molar-refractivity contribution in [2.24, 2.45) is 5.41 Å². The number of anilines is 3. The first-order valence-electron chi connectivity index (χ1n) is 10.7. The van der Waals surface area contributed by atoms with Crippen LogP contribution in [0.3, 0.4) is 0 Å². The molecule has 0 atom stereocenters. The molecule has 35 heavy (non-hydrogen) atoms. The number of urea groups is 1. The lowest BCUT2D eigenvalue weighted by molar-refractivity contribution is -0.124. The number of fused-ring (bicyclic) bond motifs is 1. The standard InChI is InChI=1S/C24H26ClFN4O4S/c1-24(2,15-26)22(31)28-16-9-11-17(12-10-16)30-35(33,34)21-8-4-5-18-19(21)6-3-7-20(18)29-23(32)27-14-13-25/h3-12,30H,13-15H2,1-2H3,(H,28,31)(H2,27,29,32). The maximum absolute atomic E-state index is 13.2. The third kappa shape index (κ3) is 6.40. The molecule has 4 N–H and O–H groups in total. The Kier molecular flexibility index (Phi) is 8.18. The number of carbonyl (C=O) groups excluding carboxylic acids is 2. The zero-order valence-corrected chi connectivity index (χ0v) is 20.8. The molecule has 8 nitrogen and oxygen atoms in total. The van der Waals surface area contributed by atoms with Gasteiger partial charge in [0.15, 0.2) is 0 Å². The van der Waals surface area contributed by atoms with Gasteiger partial charge in [0.25, 0.3) is 10.0 Å². The first-order valence-corrected chi connectivity index (χ1v) is 12.7. The van der Waals surface area contributed by atoms with Gasteiger partial charge in [-0.2, -0.15) is 0 Å². The van der Waals surface area contributed by atoms with Gasteiger partial charge in [0, 0.05) is 34.6 Å². The summed E-state index contributed by atoms with van der Waals surface area (Å²) in [6.07, 6.45) is 0. The fourth-order valence-electron chi connectivity index (χ4n) is 3.14. The van der Waals surface area contributed by atoms with E-state index in [-0.39, 0.29) is 23.0 Å². The van der Waals surface area contributed by atoms with Crippen molar-refractivity contribution in [1.82, 2.24) is 5.32 Å². The van der Waals surface area contributed by atoms with E-state index >= 15 is 0 Å². The van der Waals surface area contributed by atoms with Gasteiger partial charge in [0.1, 0.15) is 6.67 Å². The molecule has 0 aliphatic heterocycles. The van der Waals surface area contributed by atoms with Crippen molar-refractivity contribution in [3.63, 3.8) is 0 Å². The van der Waals surface area contributed by atoms with Crippen molar-refractivity contribution in [1.29, 1.82) is 0 Å². The average Bonchev–Trinajstić information content (AvgIpc) is 2.83. The summed E-state index contributed by atoms with van der Waals surface area (Å²) in [6, 6.07) is 15.3. The molecule has 0 aliphatic carbocycles. The third-order valence-corrected chi connectivity index (χ3v) is 6.77. The molecule has 0 heterocycles. The molecule has 0 unspecified atom stereocenters. The van der Waals surface area contributed by atoms with Crippen molar-refractivity contribution in [2.45, 2.75) is 18.7 Å². The summed E-state index contributed by atoms with van der Waals surface area (Å²) >= 11 is 5.59. The quantitative estimate of drug-likeness (QED) is 0.299. The normalized spacial score (nSPS) is 11.7. The monoisotopic (exact) mass is 520 g/mol. The number of hydrogen-bond acceptors (Lipinski definition) is 4. The van der Waals surface area contributed by atoms with Crippen LogP contribution in [0, 0.1) is 5.41 Å². The van der Waals surface area contributed by atoms with E-state index in [1.165, 1.54) is 44.2 Å². The number of halogens is 2. The molecule has 0 saturated heterocycles. The molecular formula is C24H26ClFN4O4S. The zero-order chi connectivity index (χ0) is 25.6. The Morgan fingerprint density at radius 2 is 1.54 bits per heavy atom. The summed E-state index contributed by atoms with van der Waals surface area (Å²) in [6.45, 7) is 2.46. The highest BCUT2D eigenvalue weighted by Crippen LogP contribution is 2.30. The van der Waals surface area contributed by atoms with Crippen LogP contribution in [0.2, 0.25) is 0 Å². The second kappa shape index (κ2) is 10.9. The number of sulfonamides is 1. The molecule has 0 spiro atoms. The van der Waals surface area contributed by atoms with Crippen molar-refractivity contribution in [2.75, 3.05) is 34.5 Å². The highest BCUT2D eigenvalue weighted by Gasteiger charge is 2.27. The Morgan fingerprint density at radius 3 is 2.20 bits per heavy atom. The topological polar surface area (TPSA) is 116 Å². The molecule has 0 fully saturated rings. The predicted molar refractivity (Wildman–Crippen MR) is 137 cm³/mol. The van der Waals surface area contributed by atoms with Crippen molar-refractivity contribution in [3.8, 4) is 0 Å². The van der Waals surface area contributed by atoms with Crippen LogP contribution in [0.5, 0.6) is 0 Å². The molecule has 0 saturated carbocycles. The Labute approximate surface area is 208 Å². The number of alkyl halides is 2. The Bertz CT molecular complexity index is 1330. The van der Waals surface area contributed by atoms with Gasteiger partial charge in [-0.25, -0.2) is 17.6 Å². The second-order valence-corrected chi connectivity index (χ2v) is 10.4. The predicted octanol–water partition coefficient (Wildman–Crippen LogP) is 4.94. The fourth-order valence-corrected chi connectivity index (χ4v) is 4.52. The van der Waals surface area contributed by atoms with Crippen molar-refractivity contribution >= 4 is 61.4 Å². The van der Waals surface area contributed by atoms with Crippen molar-refractivity contribution in [3.05, 3.63) is 60.7 Å². The lowest BCUT2D eigenvalue weighted by Crippen LogP contribution is -2.32. The Balaban J connectivity index is 1.83. The number of benzene rings is 3. The summed E-state index contributed by atoms with van der Waals surface area (Å²) < 4.78 is 41.9. The van der Waals surface area contributed by atoms with Gasteiger partial charge in [0.2, 0.25) is 5.91 Å². The molecule has 0 aromatic heterocycles. The molecule has 3 aromatic carbocycles. The van der Waals surface area contributed by atoms with Gasteiger partial charge in [-0.15, -0.1) is 11.6 Å². The number of carbonyl (C=O) groups is 2. The zero-order valence-electron chi connectivity index (χ0n) is 19.2. The molecule has 11 heteroatoms. The first kappa shape index (κ1) is 26.2. The molecule has 186 valence electrons. The first-order chi connectivity index (χ1) is 16.6. The van der Waals surface area contributed by atoms with E-state index in [2.05, 4.69) is 20.7 Å². The third-order valence-electron chi connectivity index (χ3n) is 5.14. The van der Waals surface area contributed by atoms with E-state index in [9.17, 15) is 22.4 Å². The van der Waals surface area contributed by atoms with Gasteiger partial charge >= 0.3 is 6.03 Å². The average molecular weight is 521 g/mol. The van der Waals surface area contributed by atoms with Gasteiger partial charge in [-0.1, -0.05) is 24.3 Å². The molecule has 3 aromatic rings. The molecule has 0 aliphatic rings. The van der Waals surface area contributed by atoms with E-state index in [1.807, 2.05) is 0 Å². The number of nitrogens with one attached hydrogen (secondary N) is 4. The van der Waals surface area contributed by atoms with Gasteiger partial charge < -0.3 is 16.0 Å². The van der Waals surface area contributed by atoms with Gasteiger partial charge in [-0.05, 0) is 50.2 Å². The summed E-state index contributed by atoms with van der Waals surface area (Å²) in [4.78, 5) is 24.2. The van der Waals surface area contributed by atoms with Crippen LogP contribution in [0.25, 0.3) is 10.8 Å². The summed E-state index contributed by atoms with van der Waals surface area (Å²) in [5.41, 5.74) is -0.0391. The minimum atomic E-state index is -4.00. The van der Waals surface area contributed by atoms with Crippen LogP contribution in [-0.2, 0) is 14.8 Å². The number of amides is 3. The Morgan fingerprint density at radius 1 is 0.914 bits per heavy atom. The fraction of sp³-hybridized carbons (Fsp3) is 0.250. The highest BCUT2D eigenvalue weighted by atomic mass is 35.5. The Hall–Kier alpha value is -3.37. The highest BCUT2D eigenvalue weighted by molar-refractivity contribution is 7.93. The van der Waals surface area contributed by atoms with E-state index in [4.69, 9.17) is 11.6 Å². The number of rotatable bonds is 9. The minimum Gasteiger partial charge on any atom is -0.337 e.